The Morgan fingerprint density at radius 3 is 2.52 bits per heavy atom. The number of carbonyl (C=O) groups is 2. The summed E-state index contributed by atoms with van der Waals surface area (Å²) in [5.41, 5.74) is 2.44. The molecule has 2 N–H and O–H groups in total. The van der Waals surface area contributed by atoms with Crippen LogP contribution < -0.4 is 10.6 Å². The molecule has 0 saturated carbocycles. The Kier molecular flexibility index (Phi) is 7.77. The van der Waals surface area contributed by atoms with Crippen molar-refractivity contribution in [3.63, 3.8) is 0 Å². The number of rotatable bonds is 9. The minimum atomic E-state index is -0.356. The van der Waals surface area contributed by atoms with Crippen LogP contribution in [0, 0.1) is 5.82 Å². The molecule has 0 saturated heterocycles. The first-order valence-corrected chi connectivity index (χ1v) is 10.9. The lowest BCUT2D eigenvalue weighted by Crippen LogP contribution is -2.16. The van der Waals surface area contributed by atoms with Crippen molar-refractivity contribution in [1.29, 1.82) is 0 Å². The van der Waals surface area contributed by atoms with Gasteiger partial charge in [-0.15, -0.1) is 10.2 Å². The van der Waals surface area contributed by atoms with Gasteiger partial charge in [0.15, 0.2) is 5.16 Å². The molecule has 162 valence electrons. The van der Waals surface area contributed by atoms with Crippen LogP contribution in [0.5, 0.6) is 0 Å². The van der Waals surface area contributed by atoms with Crippen molar-refractivity contribution in [2.24, 2.45) is 7.05 Å². The maximum Gasteiger partial charge on any atom is 0.234 e. The lowest BCUT2D eigenvalue weighted by molar-refractivity contribution is -0.116. The van der Waals surface area contributed by atoms with Crippen LogP contribution in [-0.4, -0.2) is 32.3 Å². The summed E-state index contributed by atoms with van der Waals surface area (Å²) in [6, 6.07) is 13.3. The van der Waals surface area contributed by atoms with Crippen molar-refractivity contribution >= 4 is 35.0 Å². The predicted molar refractivity (Wildman–Crippen MR) is 120 cm³/mol. The fourth-order valence-electron chi connectivity index (χ4n) is 2.94. The molecule has 0 aliphatic heterocycles. The number of hydrogen-bond acceptors (Lipinski definition) is 5. The van der Waals surface area contributed by atoms with Gasteiger partial charge in [0.2, 0.25) is 11.8 Å². The van der Waals surface area contributed by atoms with Crippen molar-refractivity contribution < 1.29 is 14.0 Å². The molecule has 0 unspecified atom stereocenters. The van der Waals surface area contributed by atoms with Crippen molar-refractivity contribution in [3.05, 3.63) is 65.7 Å². The van der Waals surface area contributed by atoms with Crippen LogP contribution in [0.25, 0.3) is 0 Å². The lowest BCUT2D eigenvalue weighted by atomic mass is 10.1. The van der Waals surface area contributed by atoms with E-state index in [-0.39, 0.29) is 29.8 Å². The zero-order chi connectivity index (χ0) is 22.2. The van der Waals surface area contributed by atoms with Gasteiger partial charge in [-0.2, -0.15) is 0 Å². The summed E-state index contributed by atoms with van der Waals surface area (Å²) >= 11 is 1.29. The largest absolute Gasteiger partial charge is 0.326 e. The molecule has 0 fully saturated rings. The zero-order valence-corrected chi connectivity index (χ0v) is 18.2. The van der Waals surface area contributed by atoms with Gasteiger partial charge in [-0.1, -0.05) is 36.9 Å². The summed E-state index contributed by atoms with van der Waals surface area (Å²) in [6.07, 6.45) is 1.44. The normalized spacial score (nSPS) is 10.7. The minimum Gasteiger partial charge on any atom is -0.326 e. The Labute approximate surface area is 184 Å². The highest BCUT2D eigenvalue weighted by Gasteiger charge is 2.14. The average molecular weight is 442 g/mol. The van der Waals surface area contributed by atoms with Crippen molar-refractivity contribution in [2.45, 2.75) is 31.3 Å². The molecule has 0 aliphatic carbocycles. The van der Waals surface area contributed by atoms with Gasteiger partial charge in [-0.3, -0.25) is 9.59 Å². The quantitative estimate of drug-likeness (QED) is 0.493. The van der Waals surface area contributed by atoms with Crippen molar-refractivity contribution in [2.75, 3.05) is 16.4 Å². The number of nitrogens with zero attached hydrogens (tertiary/aromatic N) is 3. The first-order chi connectivity index (χ1) is 15.0. The van der Waals surface area contributed by atoms with Crippen molar-refractivity contribution in [1.82, 2.24) is 14.8 Å². The summed E-state index contributed by atoms with van der Waals surface area (Å²) in [6.45, 7) is 2.04. The highest BCUT2D eigenvalue weighted by atomic mass is 32.2. The third-order valence-electron chi connectivity index (χ3n) is 4.63. The van der Waals surface area contributed by atoms with E-state index < -0.39 is 0 Å². The fraction of sp³-hybridized carbons (Fsp3) is 0.273. The first kappa shape index (κ1) is 22.5. The second-order valence-corrected chi connectivity index (χ2v) is 7.80. The first-order valence-electron chi connectivity index (χ1n) is 9.90. The molecule has 1 aromatic heterocycles. The smallest absolute Gasteiger partial charge is 0.234 e. The molecule has 3 aromatic rings. The van der Waals surface area contributed by atoms with E-state index in [0.717, 1.165) is 17.7 Å². The Morgan fingerprint density at radius 1 is 1.03 bits per heavy atom. The Morgan fingerprint density at radius 2 is 1.77 bits per heavy atom. The van der Waals surface area contributed by atoms with E-state index in [0.29, 0.717) is 23.1 Å². The number of hydrogen-bond donors (Lipinski definition) is 2. The Hall–Kier alpha value is -3.20. The van der Waals surface area contributed by atoms with Gasteiger partial charge in [-0.05, 0) is 42.3 Å². The summed E-state index contributed by atoms with van der Waals surface area (Å²) in [5.74, 6) is 0.181. The highest BCUT2D eigenvalue weighted by Crippen LogP contribution is 2.19. The van der Waals surface area contributed by atoms with E-state index in [1.54, 1.807) is 11.6 Å². The second kappa shape index (κ2) is 10.7. The lowest BCUT2D eigenvalue weighted by Gasteiger charge is -2.09. The van der Waals surface area contributed by atoms with E-state index in [1.807, 2.05) is 31.2 Å². The van der Waals surface area contributed by atoms with Gasteiger partial charge in [-0.25, -0.2) is 4.39 Å². The number of para-hydroxylation sites is 1. The predicted octanol–water partition coefficient (Wildman–Crippen LogP) is 3.82. The van der Waals surface area contributed by atoms with Gasteiger partial charge in [0.25, 0.3) is 0 Å². The number of nitrogens with one attached hydrogen (secondary N) is 2. The summed E-state index contributed by atoms with van der Waals surface area (Å²) in [7, 11) is 1.81. The molecule has 0 bridgehead atoms. The van der Waals surface area contributed by atoms with E-state index >= 15 is 0 Å². The third-order valence-corrected chi connectivity index (χ3v) is 5.65. The molecule has 0 aliphatic rings. The molecule has 3 rings (SSSR count). The number of carbonyl (C=O) groups excluding carboxylic acids is 2. The van der Waals surface area contributed by atoms with E-state index in [9.17, 15) is 14.0 Å². The van der Waals surface area contributed by atoms with E-state index in [2.05, 4.69) is 20.8 Å². The summed E-state index contributed by atoms with van der Waals surface area (Å²) < 4.78 is 14.7. The second-order valence-electron chi connectivity index (χ2n) is 6.86. The molecule has 2 amide bonds. The molecular formula is C22H24FN5O2S. The third kappa shape index (κ3) is 6.39. The number of halogens is 1. The van der Waals surface area contributed by atoms with Crippen LogP contribution in [0.1, 0.15) is 24.7 Å². The van der Waals surface area contributed by atoms with Crippen LogP contribution in [0.2, 0.25) is 0 Å². The summed E-state index contributed by atoms with van der Waals surface area (Å²) in [5, 5.41) is 14.5. The molecule has 0 radical (unpaired) electrons. The number of thioether (sulfide) groups is 1. The molecular weight excluding hydrogens is 417 g/mol. The molecule has 1 heterocycles. The standard InChI is InChI=1S/C22H24FN5O2S/c1-3-15-6-4-5-7-18(15)25-21(30)14-31-22-27-26-19(28(22)2)12-13-20(29)24-17-10-8-16(23)9-11-17/h4-11H,3,12-14H2,1-2H3,(H,24,29)(H,25,30). The van der Waals surface area contributed by atoms with Crippen LogP contribution >= 0.6 is 11.8 Å². The topological polar surface area (TPSA) is 88.9 Å². The van der Waals surface area contributed by atoms with E-state index in [1.165, 1.54) is 36.0 Å². The highest BCUT2D eigenvalue weighted by molar-refractivity contribution is 7.99. The molecule has 7 nitrogen and oxygen atoms in total. The number of anilines is 2. The Balaban J connectivity index is 1.48. The number of benzene rings is 2. The maximum absolute atomic E-state index is 12.9. The van der Waals surface area contributed by atoms with Crippen molar-refractivity contribution in [3.8, 4) is 0 Å². The van der Waals surface area contributed by atoms with Crippen LogP contribution in [-0.2, 0) is 29.5 Å². The number of aryl methyl sites for hydroxylation is 2. The molecule has 9 heteroatoms. The fourth-order valence-corrected chi connectivity index (χ4v) is 3.67. The van der Waals surface area contributed by atoms with Crippen LogP contribution in [0.3, 0.4) is 0 Å². The number of amides is 2. The SMILES string of the molecule is CCc1ccccc1NC(=O)CSc1nnc(CCC(=O)Nc2ccc(F)cc2)n1C. The van der Waals surface area contributed by atoms with Crippen LogP contribution in [0.4, 0.5) is 15.8 Å². The van der Waals surface area contributed by atoms with Gasteiger partial charge >= 0.3 is 0 Å². The molecule has 0 spiro atoms. The monoisotopic (exact) mass is 441 g/mol. The van der Waals surface area contributed by atoms with Gasteiger partial charge < -0.3 is 15.2 Å². The molecule has 2 aromatic carbocycles. The maximum atomic E-state index is 12.9. The van der Waals surface area contributed by atoms with Crippen LogP contribution in [0.15, 0.2) is 53.7 Å². The molecule has 0 atom stereocenters. The van der Waals surface area contributed by atoms with Gasteiger partial charge in [0, 0.05) is 31.3 Å². The van der Waals surface area contributed by atoms with Gasteiger partial charge in [0.05, 0.1) is 5.75 Å². The summed E-state index contributed by atoms with van der Waals surface area (Å²) in [4.78, 5) is 24.4. The molecule has 31 heavy (non-hydrogen) atoms. The average Bonchev–Trinajstić information content (AvgIpc) is 3.12. The zero-order valence-electron chi connectivity index (χ0n) is 17.4. The number of aromatic nitrogens is 3. The van der Waals surface area contributed by atoms with Gasteiger partial charge in [0.1, 0.15) is 11.6 Å². The minimum absolute atomic E-state index is 0.117. The Bertz CT molecular complexity index is 1050. The van der Waals surface area contributed by atoms with E-state index in [4.69, 9.17) is 0 Å².